The van der Waals surface area contributed by atoms with E-state index in [1.54, 1.807) is 0 Å². The van der Waals surface area contributed by atoms with E-state index < -0.39 is 0 Å². The fraction of sp³-hybridized carbons (Fsp3) is 0.538. The topological polar surface area (TPSA) is 38.0 Å². The predicted molar refractivity (Wildman–Crippen MR) is 64.8 cm³/mol. The van der Waals surface area contributed by atoms with Crippen molar-refractivity contribution in [2.24, 2.45) is 0 Å². The maximum Gasteiger partial charge on any atom is 0.0331 e. The van der Waals surface area contributed by atoms with Gasteiger partial charge in [0.25, 0.3) is 0 Å². The van der Waals surface area contributed by atoms with Crippen LogP contribution >= 0.6 is 0 Å². The van der Waals surface area contributed by atoms with Gasteiger partial charge in [0.1, 0.15) is 0 Å². The van der Waals surface area contributed by atoms with Crippen molar-refractivity contribution in [1.82, 2.24) is 5.32 Å². The number of nitrogens with one attached hydrogen (secondary N) is 1. The summed E-state index contributed by atoms with van der Waals surface area (Å²) < 4.78 is 0. The van der Waals surface area contributed by atoms with Crippen LogP contribution in [-0.4, -0.2) is 5.54 Å². The highest BCUT2D eigenvalue weighted by Crippen LogP contribution is 2.33. The number of rotatable bonds is 1. The number of anilines is 1. The van der Waals surface area contributed by atoms with Gasteiger partial charge in [0.05, 0.1) is 0 Å². The molecule has 1 aromatic rings. The maximum atomic E-state index is 5.83. The lowest BCUT2D eigenvalue weighted by atomic mass is 10.0. The van der Waals surface area contributed by atoms with E-state index in [9.17, 15) is 0 Å². The Hall–Kier alpha value is -1.02. The number of hydrogen-bond acceptors (Lipinski definition) is 2. The Kier molecular flexibility index (Phi) is 2.47. The molecular weight excluding hydrogens is 184 g/mol. The number of nitrogen functional groups attached to an aromatic ring is 1. The molecule has 0 saturated heterocycles. The molecule has 1 aliphatic rings. The number of aryl methyl sites for hydroxylation is 1. The van der Waals surface area contributed by atoms with Gasteiger partial charge in [0.15, 0.2) is 0 Å². The van der Waals surface area contributed by atoms with E-state index in [0.717, 1.165) is 5.69 Å². The van der Waals surface area contributed by atoms with Crippen LogP contribution in [0, 0.1) is 0 Å². The summed E-state index contributed by atoms with van der Waals surface area (Å²) >= 11 is 0. The molecule has 0 heterocycles. The average molecular weight is 204 g/mol. The molecular formula is C13H20N2. The fourth-order valence-electron chi connectivity index (χ4n) is 2.29. The molecule has 3 N–H and O–H groups in total. The van der Waals surface area contributed by atoms with Crippen molar-refractivity contribution in [3.05, 3.63) is 29.3 Å². The van der Waals surface area contributed by atoms with E-state index >= 15 is 0 Å². The molecule has 0 bridgehead atoms. The molecule has 82 valence electrons. The van der Waals surface area contributed by atoms with E-state index in [4.69, 9.17) is 5.73 Å². The molecule has 2 nitrogen and oxygen atoms in total. The second-order valence-electron chi connectivity index (χ2n) is 5.44. The highest BCUT2D eigenvalue weighted by Gasteiger charge is 2.25. The molecule has 0 radical (unpaired) electrons. The van der Waals surface area contributed by atoms with Crippen LogP contribution in [0.25, 0.3) is 0 Å². The second-order valence-corrected chi connectivity index (χ2v) is 5.44. The number of benzene rings is 1. The third-order valence-corrected chi connectivity index (χ3v) is 2.85. The van der Waals surface area contributed by atoms with Gasteiger partial charge in [-0.05, 0) is 56.9 Å². The Morgan fingerprint density at radius 1 is 1.33 bits per heavy atom. The first-order valence-electron chi connectivity index (χ1n) is 5.62. The first-order valence-corrected chi connectivity index (χ1v) is 5.62. The molecule has 2 heteroatoms. The highest BCUT2D eigenvalue weighted by atomic mass is 15.0. The Morgan fingerprint density at radius 2 is 2.07 bits per heavy atom. The summed E-state index contributed by atoms with van der Waals surface area (Å²) in [6.07, 6.45) is 2.36. The van der Waals surface area contributed by atoms with Gasteiger partial charge in [-0.1, -0.05) is 6.07 Å². The molecule has 0 aromatic heterocycles. The van der Waals surface area contributed by atoms with Crippen molar-refractivity contribution in [2.75, 3.05) is 5.73 Å². The zero-order chi connectivity index (χ0) is 11.1. The summed E-state index contributed by atoms with van der Waals surface area (Å²) in [7, 11) is 0. The van der Waals surface area contributed by atoms with Crippen LogP contribution in [0.3, 0.4) is 0 Å². The Balaban J connectivity index is 2.24. The third-order valence-electron chi connectivity index (χ3n) is 2.85. The van der Waals surface area contributed by atoms with Crippen LogP contribution in [0.15, 0.2) is 18.2 Å². The van der Waals surface area contributed by atoms with Crippen molar-refractivity contribution in [1.29, 1.82) is 0 Å². The van der Waals surface area contributed by atoms with Gasteiger partial charge in [0.2, 0.25) is 0 Å². The lowest BCUT2D eigenvalue weighted by molar-refractivity contribution is 0.362. The second kappa shape index (κ2) is 3.53. The van der Waals surface area contributed by atoms with Crippen LogP contribution in [0.4, 0.5) is 5.69 Å². The Bertz CT molecular complexity index is 363. The lowest BCUT2D eigenvalue weighted by Gasteiger charge is -2.26. The van der Waals surface area contributed by atoms with Gasteiger partial charge in [-0.25, -0.2) is 0 Å². The molecule has 1 aliphatic carbocycles. The number of nitrogens with two attached hydrogens (primary N) is 1. The van der Waals surface area contributed by atoms with Gasteiger partial charge in [-0.2, -0.15) is 0 Å². The smallest absolute Gasteiger partial charge is 0.0331 e. The standard InChI is InChI=1S/C13H20N2/c1-13(2,3)15-12-7-5-9-4-6-10(14)8-11(9)12/h4,6,8,12,15H,5,7,14H2,1-3H3. The predicted octanol–water partition coefficient (Wildman–Crippen LogP) is 2.64. The molecule has 15 heavy (non-hydrogen) atoms. The van der Waals surface area contributed by atoms with E-state index in [1.807, 2.05) is 6.07 Å². The normalized spacial score (nSPS) is 20.3. The van der Waals surface area contributed by atoms with Crippen molar-refractivity contribution in [2.45, 2.75) is 45.2 Å². The summed E-state index contributed by atoms with van der Waals surface area (Å²) in [6, 6.07) is 6.75. The van der Waals surface area contributed by atoms with Gasteiger partial charge < -0.3 is 11.1 Å². The van der Waals surface area contributed by atoms with Crippen LogP contribution in [0.5, 0.6) is 0 Å². The summed E-state index contributed by atoms with van der Waals surface area (Å²) in [5.74, 6) is 0. The SMILES string of the molecule is CC(C)(C)NC1CCc2ccc(N)cc21. The molecule has 1 atom stereocenters. The van der Waals surface area contributed by atoms with Crippen molar-refractivity contribution < 1.29 is 0 Å². The monoisotopic (exact) mass is 204 g/mol. The van der Waals surface area contributed by atoms with E-state index in [1.165, 1.54) is 24.0 Å². The van der Waals surface area contributed by atoms with Crippen molar-refractivity contribution >= 4 is 5.69 Å². The van der Waals surface area contributed by atoms with Crippen LogP contribution in [-0.2, 0) is 6.42 Å². The number of hydrogen-bond donors (Lipinski definition) is 2. The largest absolute Gasteiger partial charge is 0.399 e. The van der Waals surface area contributed by atoms with Crippen LogP contribution in [0.1, 0.15) is 44.4 Å². The minimum absolute atomic E-state index is 0.164. The molecule has 0 aliphatic heterocycles. The van der Waals surface area contributed by atoms with Crippen molar-refractivity contribution in [3.8, 4) is 0 Å². The van der Waals surface area contributed by atoms with Gasteiger partial charge >= 0.3 is 0 Å². The van der Waals surface area contributed by atoms with E-state index in [2.05, 4.69) is 38.2 Å². The first-order chi connectivity index (χ1) is 6.96. The first kappa shape index (κ1) is 10.5. The van der Waals surface area contributed by atoms with E-state index in [-0.39, 0.29) is 5.54 Å². The number of fused-ring (bicyclic) bond motifs is 1. The van der Waals surface area contributed by atoms with Crippen LogP contribution in [0.2, 0.25) is 0 Å². The molecule has 1 unspecified atom stereocenters. The molecule has 0 spiro atoms. The average Bonchev–Trinajstić information content (AvgIpc) is 2.46. The summed E-state index contributed by atoms with van der Waals surface area (Å²) in [5, 5.41) is 3.65. The summed E-state index contributed by atoms with van der Waals surface area (Å²) in [4.78, 5) is 0. The molecule has 2 rings (SSSR count). The molecule has 0 saturated carbocycles. The highest BCUT2D eigenvalue weighted by molar-refractivity contribution is 5.48. The van der Waals surface area contributed by atoms with E-state index in [0.29, 0.717) is 6.04 Å². The van der Waals surface area contributed by atoms with Gasteiger partial charge in [0, 0.05) is 17.3 Å². The zero-order valence-corrected chi connectivity index (χ0v) is 9.80. The Labute approximate surface area is 91.9 Å². The minimum Gasteiger partial charge on any atom is -0.399 e. The fourth-order valence-corrected chi connectivity index (χ4v) is 2.29. The van der Waals surface area contributed by atoms with Crippen molar-refractivity contribution in [3.63, 3.8) is 0 Å². The molecule has 0 fully saturated rings. The summed E-state index contributed by atoms with van der Waals surface area (Å²) in [6.45, 7) is 6.62. The lowest BCUT2D eigenvalue weighted by Crippen LogP contribution is -2.38. The van der Waals surface area contributed by atoms with Crippen LogP contribution < -0.4 is 11.1 Å². The zero-order valence-electron chi connectivity index (χ0n) is 9.80. The minimum atomic E-state index is 0.164. The third kappa shape index (κ3) is 2.32. The molecule has 0 amide bonds. The van der Waals surface area contributed by atoms with Gasteiger partial charge in [-0.3, -0.25) is 0 Å². The quantitative estimate of drug-likeness (QED) is 0.690. The summed E-state index contributed by atoms with van der Waals surface area (Å²) in [5.41, 5.74) is 9.71. The molecule has 1 aromatic carbocycles. The van der Waals surface area contributed by atoms with Gasteiger partial charge in [-0.15, -0.1) is 0 Å². The Morgan fingerprint density at radius 3 is 2.73 bits per heavy atom. The maximum absolute atomic E-state index is 5.83.